The quantitative estimate of drug-likeness (QED) is 0.817. The molecule has 0 aliphatic carbocycles. The standard InChI is InChI=1S/C15H18N2O3/c1-20-11-9-16-14(18)6-7-15(19)17-10-8-12-4-2-3-5-13(12)17/h2-5,8,10H,6-7,9,11H2,1H3,(H,16,18). The third-order valence-electron chi connectivity index (χ3n) is 3.06. The summed E-state index contributed by atoms with van der Waals surface area (Å²) in [6, 6.07) is 9.57. The molecule has 0 fully saturated rings. The average Bonchev–Trinajstić information content (AvgIpc) is 2.89. The molecule has 20 heavy (non-hydrogen) atoms. The molecule has 0 radical (unpaired) electrons. The van der Waals surface area contributed by atoms with Crippen LogP contribution in [0.2, 0.25) is 0 Å². The van der Waals surface area contributed by atoms with Crippen molar-refractivity contribution >= 4 is 22.7 Å². The highest BCUT2D eigenvalue weighted by Crippen LogP contribution is 2.15. The van der Waals surface area contributed by atoms with Gasteiger partial charge < -0.3 is 10.1 Å². The normalized spacial score (nSPS) is 10.7. The molecular formula is C15H18N2O3. The van der Waals surface area contributed by atoms with E-state index in [4.69, 9.17) is 4.74 Å². The highest BCUT2D eigenvalue weighted by Gasteiger charge is 2.10. The summed E-state index contributed by atoms with van der Waals surface area (Å²) in [7, 11) is 1.58. The van der Waals surface area contributed by atoms with E-state index < -0.39 is 0 Å². The van der Waals surface area contributed by atoms with Crippen molar-refractivity contribution in [2.24, 2.45) is 0 Å². The van der Waals surface area contributed by atoms with Crippen LogP contribution in [0.25, 0.3) is 10.9 Å². The maximum atomic E-state index is 12.1. The number of carbonyl (C=O) groups is 2. The summed E-state index contributed by atoms with van der Waals surface area (Å²) in [5, 5.41) is 3.71. The van der Waals surface area contributed by atoms with Crippen LogP contribution in [0.15, 0.2) is 36.5 Å². The minimum absolute atomic E-state index is 0.0758. The largest absolute Gasteiger partial charge is 0.383 e. The number of methoxy groups -OCH3 is 1. The highest BCUT2D eigenvalue weighted by atomic mass is 16.5. The molecule has 1 aromatic heterocycles. The lowest BCUT2D eigenvalue weighted by molar-refractivity contribution is -0.121. The van der Waals surface area contributed by atoms with Crippen molar-refractivity contribution in [3.05, 3.63) is 36.5 Å². The second-order valence-corrected chi connectivity index (χ2v) is 4.48. The second kappa shape index (κ2) is 6.86. The summed E-state index contributed by atoms with van der Waals surface area (Å²) in [5.41, 5.74) is 0.872. The fourth-order valence-electron chi connectivity index (χ4n) is 2.02. The van der Waals surface area contributed by atoms with Gasteiger partial charge in [-0.1, -0.05) is 18.2 Å². The van der Waals surface area contributed by atoms with Crippen molar-refractivity contribution in [2.75, 3.05) is 20.3 Å². The topological polar surface area (TPSA) is 60.3 Å². The van der Waals surface area contributed by atoms with Crippen molar-refractivity contribution in [3.63, 3.8) is 0 Å². The van der Waals surface area contributed by atoms with Crippen LogP contribution in [0.1, 0.15) is 17.6 Å². The molecule has 1 N–H and O–H groups in total. The molecule has 5 heteroatoms. The predicted octanol–water partition coefficient (Wildman–Crippen LogP) is 1.82. The number of rotatable bonds is 6. The van der Waals surface area contributed by atoms with Crippen LogP contribution in [-0.2, 0) is 9.53 Å². The molecule has 0 aliphatic heterocycles. The molecule has 106 valence electrons. The molecule has 2 rings (SSSR count). The van der Waals surface area contributed by atoms with Gasteiger partial charge in [0, 0.05) is 38.1 Å². The number of nitrogens with one attached hydrogen (secondary N) is 1. The summed E-state index contributed by atoms with van der Waals surface area (Å²) < 4.78 is 6.43. The third kappa shape index (κ3) is 3.45. The Hall–Kier alpha value is -2.14. The molecule has 0 bridgehead atoms. The van der Waals surface area contributed by atoms with Crippen molar-refractivity contribution in [1.29, 1.82) is 0 Å². The molecule has 0 spiro atoms. The van der Waals surface area contributed by atoms with E-state index in [0.29, 0.717) is 13.2 Å². The Kier molecular flexibility index (Phi) is 4.90. The predicted molar refractivity (Wildman–Crippen MR) is 76.7 cm³/mol. The lowest BCUT2D eigenvalue weighted by Crippen LogP contribution is -2.27. The van der Waals surface area contributed by atoms with Gasteiger partial charge in [0.1, 0.15) is 0 Å². The molecule has 2 aromatic rings. The van der Waals surface area contributed by atoms with E-state index in [0.717, 1.165) is 10.9 Å². The van der Waals surface area contributed by atoms with Gasteiger partial charge in [0.15, 0.2) is 0 Å². The molecule has 1 heterocycles. The summed E-state index contributed by atoms with van der Waals surface area (Å²) in [4.78, 5) is 23.6. The van der Waals surface area contributed by atoms with Crippen LogP contribution < -0.4 is 5.32 Å². The molecule has 0 saturated carbocycles. The average molecular weight is 274 g/mol. The van der Waals surface area contributed by atoms with Crippen LogP contribution >= 0.6 is 0 Å². The van der Waals surface area contributed by atoms with Crippen LogP contribution in [-0.4, -0.2) is 36.6 Å². The first-order valence-electron chi connectivity index (χ1n) is 6.57. The summed E-state index contributed by atoms with van der Waals surface area (Å²) in [5.74, 6) is -0.208. The Morgan fingerprint density at radius 3 is 2.80 bits per heavy atom. The van der Waals surface area contributed by atoms with Gasteiger partial charge in [0.2, 0.25) is 11.8 Å². The van der Waals surface area contributed by atoms with E-state index >= 15 is 0 Å². The van der Waals surface area contributed by atoms with Crippen LogP contribution in [0.5, 0.6) is 0 Å². The van der Waals surface area contributed by atoms with E-state index in [2.05, 4.69) is 5.32 Å². The number of fused-ring (bicyclic) bond motifs is 1. The van der Waals surface area contributed by atoms with Crippen molar-refractivity contribution in [3.8, 4) is 0 Å². The smallest absolute Gasteiger partial charge is 0.231 e. The highest BCUT2D eigenvalue weighted by molar-refractivity contribution is 5.93. The second-order valence-electron chi connectivity index (χ2n) is 4.48. The van der Waals surface area contributed by atoms with Gasteiger partial charge in [0.25, 0.3) is 0 Å². The Labute approximate surface area is 117 Å². The Morgan fingerprint density at radius 1 is 1.20 bits per heavy atom. The Balaban J connectivity index is 1.90. The zero-order chi connectivity index (χ0) is 14.4. The summed E-state index contributed by atoms with van der Waals surface area (Å²) in [6.45, 7) is 0.942. The molecular weight excluding hydrogens is 256 g/mol. The SMILES string of the molecule is COCCNC(=O)CCC(=O)n1ccc2ccccc21. The maximum absolute atomic E-state index is 12.1. The lowest BCUT2D eigenvalue weighted by Gasteiger charge is -2.05. The van der Waals surface area contributed by atoms with Crippen LogP contribution in [0.4, 0.5) is 0 Å². The minimum Gasteiger partial charge on any atom is -0.383 e. The van der Waals surface area contributed by atoms with Gasteiger partial charge in [-0.25, -0.2) is 0 Å². The Bertz CT molecular complexity index is 604. The van der Waals surface area contributed by atoms with E-state index in [1.807, 2.05) is 30.3 Å². The van der Waals surface area contributed by atoms with Crippen LogP contribution in [0, 0.1) is 0 Å². The Morgan fingerprint density at radius 2 is 2.00 bits per heavy atom. The monoisotopic (exact) mass is 274 g/mol. The molecule has 0 aliphatic rings. The number of hydrogen-bond acceptors (Lipinski definition) is 3. The zero-order valence-electron chi connectivity index (χ0n) is 11.5. The number of ether oxygens (including phenoxy) is 1. The molecule has 5 nitrogen and oxygen atoms in total. The van der Waals surface area contributed by atoms with Gasteiger partial charge in [-0.05, 0) is 12.1 Å². The molecule has 0 unspecified atom stereocenters. The van der Waals surface area contributed by atoms with Gasteiger partial charge in [0.05, 0.1) is 12.1 Å². The van der Waals surface area contributed by atoms with Gasteiger partial charge in [-0.2, -0.15) is 0 Å². The number of hydrogen-bond donors (Lipinski definition) is 1. The number of amides is 1. The van der Waals surface area contributed by atoms with E-state index in [-0.39, 0.29) is 24.7 Å². The molecule has 0 atom stereocenters. The zero-order valence-corrected chi connectivity index (χ0v) is 11.5. The molecule has 0 saturated heterocycles. The first kappa shape index (κ1) is 14.3. The van der Waals surface area contributed by atoms with Gasteiger partial charge in [-0.3, -0.25) is 14.2 Å². The van der Waals surface area contributed by atoms with Crippen molar-refractivity contribution in [1.82, 2.24) is 9.88 Å². The fraction of sp³-hybridized carbons (Fsp3) is 0.333. The van der Waals surface area contributed by atoms with Crippen LogP contribution in [0.3, 0.4) is 0 Å². The van der Waals surface area contributed by atoms with E-state index in [1.165, 1.54) is 0 Å². The molecule has 1 amide bonds. The number of benzene rings is 1. The number of para-hydroxylation sites is 1. The summed E-state index contributed by atoms with van der Waals surface area (Å²) in [6.07, 6.45) is 2.13. The van der Waals surface area contributed by atoms with E-state index in [9.17, 15) is 9.59 Å². The number of nitrogens with zero attached hydrogens (tertiary/aromatic N) is 1. The van der Waals surface area contributed by atoms with Crippen molar-refractivity contribution in [2.45, 2.75) is 12.8 Å². The number of aromatic nitrogens is 1. The van der Waals surface area contributed by atoms with Gasteiger partial charge >= 0.3 is 0 Å². The third-order valence-corrected chi connectivity index (χ3v) is 3.06. The van der Waals surface area contributed by atoms with Crippen molar-refractivity contribution < 1.29 is 14.3 Å². The first-order chi connectivity index (χ1) is 9.72. The van der Waals surface area contributed by atoms with E-state index in [1.54, 1.807) is 17.9 Å². The maximum Gasteiger partial charge on any atom is 0.231 e. The van der Waals surface area contributed by atoms with Gasteiger partial charge in [-0.15, -0.1) is 0 Å². The minimum atomic E-state index is -0.133. The lowest BCUT2D eigenvalue weighted by atomic mass is 10.2. The summed E-state index contributed by atoms with van der Waals surface area (Å²) >= 11 is 0. The first-order valence-corrected chi connectivity index (χ1v) is 6.57. The molecule has 1 aromatic carbocycles. The fourth-order valence-corrected chi connectivity index (χ4v) is 2.02. The number of carbonyl (C=O) groups excluding carboxylic acids is 2.